The summed E-state index contributed by atoms with van der Waals surface area (Å²) in [6, 6.07) is 14.5. The summed E-state index contributed by atoms with van der Waals surface area (Å²) in [5.41, 5.74) is 1.70. The Labute approximate surface area is 155 Å². The molecule has 7 heteroatoms. The first-order valence-corrected chi connectivity index (χ1v) is 8.87. The summed E-state index contributed by atoms with van der Waals surface area (Å²) in [6.45, 7) is 0. The first-order chi connectivity index (χ1) is 12.6. The van der Waals surface area contributed by atoms with Gasteiger partial charge in [-0.05, 0) is 18.2 Å². The van der Waals surface area contributed by atoms with Crippen molar-refractivity contribution in [3.63, 3.8) is 0 Å². The van der Waals surface area contributed by atoms with E-state index in [9.17, 15) is 9.59 Å². The standard InChI is InChI=1S/C19H17N3O3S/c1-22(16-10-6-4-8-14(16)19(24)25-2)17(23)11-26-18-13-7-3-5-9-15(13)20-12-21-18/h3-10,12H,11H2,1-2H3. The van der Waals surface area contributed by atoms with Gasteiger partial charge in [0.15, 0.2) is 0 Å². The highest BCUT2D eigenvalue weighted by Gasteiger charge is 2.19. The summed E-state index contributed by atoms with van der Waals surface area (Å²) in [5, 5.41) is 1.66. The molecule has 3 rings (SSSR count). The van der Waals surface area contributed by atoms with Crippen LogP contribution in [-0.4, -0.2) is 41.8 Å². The summed E-state index contributed by atoms with van der Waals surface area (Å²) in [6.07, 6.45) is 1.49. The predicted octanol–water partition coefficient (Wildman–Crippen LogP) is 3.17. The number of fused-ring (bicyclic) bond motifs is 1. The molecule has 0 atom stereocenters. The van der Waals surface area contributed by atoms with Gasteiger partial charge in [-0.25, -0.2) is 14.8 Å². The number of carbonyl (C=O) groups excluding carboxylic acids is 2. The van der Waals surface area contributed by atoms with Crippen molar-refractivity contribution in [2.24, 2.45) is 0 Å². The van der Waals surface area contributed by atoms with Gasteiger partial charge in [-0.2, -0.15) is 0 Å². The maximum Gasteiger partial charge on any atom is 0.339 e. The Hall–Kier alpha value is -2.93. The SMILES string of the molecule is COC(=O)c1ccccc1N(C)C(=O)CSc1ncnc2ccccc12. The lowest BCUT2D eigenvalue weighted by Crippen LogP contribution is -2.29. The highest BCUT2D eigenvalue weighted by atomic mass is 32.2. The van der Waals surface area contributed by atoms with Crippen LogP contribution < -0.4 is 4.90 Å². The lowest BCUT2D eigenvalue weighted by molar-refractivity contribution is -0.115. The van der Waals surface area contributed by atoms with E-state index in [0.717, 1.165) is 15.9 Å². The lowest BCUT2D eigenvalue weighted by Gasteiger charge is -2.19. The lowest BCUT2D eigenvalue weighted by atomic mass is 10.1. The van der Waals surface area contributed by atoms with E-state index in [2.05, 4.69) is 9.97 Å². The minimum absolute atomic E-state index is 0.144. The van der Waals surface area contributed by atoms with Crippen molar-refractivity contribution in [1.82, 2.24) is 9.97 Å². The molecule has 0 spiro atoms. The first kappa shape index (κ1) is 17.9. The second-order valence-corrected chi connectivity index (χ2v) is 6.41. The highest BCUT2D eigenvalue weighted by Crippen LogP contribution is 2.26. The number of anilines is 1. The third kappa shape index (κ3) is 3.67. The Morgan fingerprint density at radius 2 is 1.81 bits per heavy atom. The molecule has 0 fully saturated rings. The zero-order chi connectivity index (χ0) is 18.5. The van der Waals surface area contributed by atoms with Gasteiger partial charge in [0.05, 0.1) is 29.6 Å². The van der Waals surface area contributed by atoms with Gasteiger partial charge in [0.25, 0.3) is 0 Å². The predicted molar refractivity (Wildman–Crippen MR) is 101 cm³/mol. The Morgan fingerprint density at radius 3 is 2.62 bits per heavy atom. The zero-order valence-corrected chi connectivity index (χ0v) is 15.2. The van der Waals surface area contributed by atoms with Crippen molar-refractivity contribution in [1.29, 1.82) is 0 Å². The topological polar surface area (TPSA) is 72.4 Å². The normalized spacial score (nSPS) is 10.5. The largest absolute Gasteiger partial charge is 0.465 e. The van der Waals surface area contributed by atoms with E-state index < -0.39 is 5.97 Å². The van der Waals surface area contributed by atoms with E-state index in [1.54, 1.807) is 31.3 Å². The van der Waals surface area contributed by atoms with E-state index >= 15 is 0 Å². The molecule has 1 aromatic heterocycles. The van der Waals surface area contributed by atoms with E-state index in [4.69, 9.17) is 4.74 Å². The second-order valence-electron chi connectivity index (χ2n) is 5.45. The number of esters is 1. The van der Waals surface area contributed by atoms with E-state index in [-0.39, 0.29) is 11.7 Å². The van der Waals surface area contributed by atoms with Crippen molar-refractivity contribution >= 4 is 40.2 Å². The van der Waals surface area contributed by atoms with Crippen molar-refractivity contribution in [3.8, 4) is 0 Å². The number of rotatable bonds is 5. The smallest absolute Gasteiger partial charge is 0.339 e. The van der Waals surface area contributed by atoms with Gasteiger partial charge in [0.1, 0.15) is 11.4 Å². The second kappa shape index (κ2) is 7.97. The molecule has 0 N–H and O–H groups in total. The number of benzene rings is 2. The summed E-state index contributed by atoms with van der Waals surface area (Å²) < 4.78 is 4.79. The van der Waals surface area contributed by atoms with Crippen molar-refractivity contribution in [3.05, 3.63) is 60.4 Å². The van der Waals surface area contributed by atoms with E-state index in [1.165, 1.54) is 30.1 Å². The molecule has 1 heterocycles. The van der Waals surface area contributed by atoms with Gasteiger partial charge in [-0.3, -0.25) is 4.79 Å². The fourth-order valence-electron chi connectivity index (χ4n) is 2.51. The molecule has 132 valence electrons. The average Bonchev–Trinajstić information content (AvgIpc) is 2.70. The summed E-state index contributed by atoms with van der Waals surface area (Å²) >= 11 is 1.34. The van der Waals surface area contributed by atoms with Gasteiger partial charge in [0.2, 0.25) is 5.91 Å². The Bertz CT molecular complexity index is 956. The van der Waals surface area contributed by atoms with Crippen LogP contribution in [-0.2, 0) is 9.53 Å². The monoisotopic (exact) mass is 367 g/mol. The van der Waals surface area contributed by atoms with Crippen LogP contribution >= 0.6 is 11.8 Å². The fraction of sp³-hybridized carbons (Fsp3) is 0.158. The zero-order valence-electron chi connectivity index (χ0n) is 14.4. The molecule has 0 saturated heterocycles. The highest BCUT2D eigenvalue weighted by molar-refractivity contribution is 8.00. The number of amides is 1. The average molecular weight is 367 g/mol. The van der Waals surface area contributed by atoms with Crippen molar-refractivity contribution in [2.45, 2.75) is 5.03 Å². The Balaban J connectivity index is 1.77. The number of methoxy groups -OCH3 is 1. The number of ether oxygens (including phenoxy) is 1. The quantitative estimate of drug-likeness (QED) is 0.392. The summed E-state index contributed by atoms with van der Waals surface area (Å²) in [7, 11) is 2.96. The molecule has 2 aromatic carbocycles. The van der Waals surface area contributed by atoms with Crippen molar-refractivity contribution < 1.29 is 14.3 Å². The number of thioether (sulfide) groups is 1. The van der Waals surface area contributed by atoms with Crippen molar-refractivity contribution in [2.75, 3.05) is 24.8 Å². The van der Waals surface area contributed by atoms with Crippen LogP contribution in [0.15, 0.2) is 59.9 Å². The summed E-state index contributed by atoms with van der Waals surface area (Å²) in [4.78, 5) is 34.5. The van der Waals surface area contributed by atoms with E-state index in [0.29, 0.717) is 11.3 Å². The van der Waals surface area contributed by atoms with Crippen LogP contribution in [0.1, 0.15) is 10.4 Å². The minimum Gasteiger partial charge on any atom is -0.465 e. The maximum atomic E-state index is 12.6. The number of aromatic nitrogens is 2. The number of hydrogen-bond donors (Lipinski definition) is 0. The molecule has 0 aliphatic rings. The molecular formula is C19H17N3O3S. The van der Waals surface area contributed by atoms with Crippen LogP contribution in [0, 0.1) is 0 Å². The van der Waals surface area contributed by atoms with Crippen LogP contribution in [0.5, 0.6) is 0 Å². The Morgan fingerprint density at radius 1 is 1.08 bits per heavy atom. The molecular weight excluding hydrogens is 350 g/mol. The molecule has 6 nitrogen and oxygen atoms in total. The third-order valence-corrected chi connectivity index (χ3v) is 4.87. The molecule has 0 radical (unpaired) electrons. The molecule has 1 amide bonds. The van der Waals surface area contributed by atoms with Gasteiger partial charge < -0.3 is 9.64 Å². The van der Waals surface area contributed by atoms with Gasteiger partial charge in [0, 0.05) is 12.4 Å². The Kier molecular flexibility index (Phi) is 5.48. The van der Waals surface area contributed by atoms with Crippen LogP contribution in [0.25, 0.3) is 10.9 Å². The van der Waals surface area contributed by atoms with Gasteiger partial charge >= 0.3 is 5.97 Å². The van der Waals surface area contributed by atoms with Crippen LogP contribution in [0.3, 0.4) is 0 Å². The maximum absolute atomic E-state index is 12.6. The number of para-hydroxylation sites is 2. The minimum atomic E-state index is -0.477. The number of carbonyl (C=O) groups is 2. The number of nitrogens with zero attached hydrogens (tertiary/aromatic N) is 3. The van der Waals surface area contributed by atoms with E-state index in [1.807, 2.05) is 24.3 Å². The molecule has 0 unspecified atom stereocenters. The first-order valence-electron chi connectivity index (χ1n) is 7.88. The molecule has 0 aliphatic carbocycles. The molecule has 3 aromatic rings. The molecule has 0 aliphatic heterocycles. The third-order valence-electron chi connectivity index (χ3n) is 3.88. The van der Waals surface area contributed by atoms with Gasteiger partial charge in [-0.1, -0.05) is 42.1 Å². The van der Waals surface area contributed by atoms with Crippen LogP contribution in [0.4, 0.5) is 5.69 Å². The molecule has 26 heavy (non-hydrogen) atoms. The summed E-state index contributed by atoms with van der Waals surface area (Å²) in [5.74, 6) is -0.434. The van der Waals surface area contributed by atoms with Gasteiger partial charge in [-0.15, -0.1) is 0 Å². The number of hydrogen-bond acceptors (Lipinski definition) is 6. The molecule has 0 bridgehead atoms. The fourth-order valence-corrected chi connectivity index (χ4v) is 3.41. The van der Waals surface area contributed by atoms with Crippen LogP contribution in [0.2, 0.25) is 0 Å². The molecule has 0 saturated carbocycles.